The van der Waals surface area contributed by atoms with Crippen molar-refractivity contribution in [3.63, 3.8) is 0 Å². The maximum absolute atomic E-state index is 9.43. The number of hydrogen-bond donors (Lipinski definition) is 2. The van der Waals surface area contributed by atoms with Gasteiger partial charge in [-0.1, -0.05) is 0 Å². The highest BCUT2D eigenvalue weighted by atomic mass is 16.3. The third-order valence-corrected chi connectivity index (χ3v) is 3.55. The summed E-state index contributed by atoms with van der Waals surface area (Å²) in [6.07, 6.45) is 2.19. The lowest BCUT2D eigenvalue weighted by Crippen LogP contribution is -2.38. The van der Waals surface area contributed by atoms with E-state index in [-0.39, 0.29) is 6.10 Å². The van der Waals surface area contributed by atoms with E-state index in [9.17, 15) is 5.11 Å². The molecule has 13 heavy (non-hydrogen) atoms. The predicted molar refractivity (Wildman–Crippen MR) is 52.6 cm³/mol. The van der Waals surface area contributed by atoms with Gasteiger partial charge in [0.15, 0.2) is 0 Å². The molecule has 2 saturated heterocycles. The minimum atomic E-state index is -0.0724. The second kappa shape index (κ2) is 3.95. The van der Waals surface area contributed by atoms with Crippen LogP contribution in [0.1, 0.15) is 19.8 Å². The van der Waals surface area contributed by atoms with Gasteiger partial charge in [-0.3, -0.25) is 4.90 Å². The Labute approximate surface area is 80.1 Å². The van der Waals surface area contributed by atoms with Gasteiger partial charge in [0.1, 0.15) is 0 Å². The zero-order chi connectivity index (χ0) is 9.26. The highest BCUT2D eigenvalue weighted by Crippen LogP contribution is 2.21. The summed E-state index contributed by atoms with van der Waals surface area (Å²) in [7, 11) is 0. The lowest BCUT2D eigenvalue weighted by molar-refractivity contribution is 0.145. The van der Waals surface area contributed by atoms with E-state index in [1.807, 2.05) is 0 Å². The Hall–Kier alpha value is -0.120. The zero-order valence-corrected chi connectivity index (χ0v) is 8.37. The smallest absolute Gasteiger partial charge is 0.0679 e. The molecule has 0 aliphatic carbocycles. The largest absolute Gasteiger partial charge is 0.392 e. The fourth-order valence-corrected chi connectivity index (χ4v) is 2.52. The molecule has 0 unspecified atom stereocenters. The molecule has 2 rings (SSSR count). The SMILES string of the molecule is C[C@H]([C@@H]1CCNC1)N1CC[C@H](O)C1. The van der Waals surface area contributed by atoms with Crippen molar-refractivity contribution >= 4 is 0 Å². The predicted octanol–water partition coefficient (Wildman–Crippen LogP) is 0.0510. The summed E-state index contributed by atoms with van der Waals surface area (Å²) in [5.74, 6) is 0.797. The Morgan fingerprint density at radius 1 is 1.46 bits per heavy atom. The summed E-state index contributed by atoms with van der Waals surface area (Å²) in [4.78, 5) is 2.43. The van der Waals surface area contributed by atoms with E-state index in [1.165, 1.54) is 13.0 Å². The summed E-state index contributed by atoms with van der Waals surface area (Å²) in [5.41, 5.74) is 0. The Bertz CT molecular complexity index is 168. The van der Waals surface area contributed by atoms with Crippen LogP contribution in [0, 0.1) is 5.92 Å². The number of aliphatic hydroxyl groups is 1. The molecule has 0 spiro atoms. The molecule has 0 aromatic heterocycles. The van der Waals surface area contributed by atoms with E-state index in [4.69, 9.17) is 0 Å². The molecule has 76 valence electrons. The molecule has 2 heterocycles. The number of likely N-dealkylation sites (tertiary alicyclic amines) is 1. The van der Waals surface area contributed by atoms with Crippen LogP contribution in [0.4, 0.5) is 0 Å². The molecule has 0 saturated carbocycles. The maximum Gasteiger partial charge on any atom is 0.0679 e. The van der Waals surface area contributed by atoms with Gasteiger partial charge in [-0.15, -0.1) is 0 Å². The molecule has 0 bridgehead atoms. The number of nitrogens with zero attached hydrogens (tertiary/aromatic N) is 1. The van der Waals surface area contributed by atoms with Gasteiger partial charge in [-0.25, -0.2) is 0 Å². The van der Waals surface area contributed by atoms with Crippen LogP contribution in [-0.2, 0) is 0 Å². The van der Waals surface area contributed by atoms with Crippen molar-refractivity contribution in [3.05, 3.63) is 0 Å². The molecule has 2 aliphatic rings. The minimum Gasteiger partial charge on any atom is -0.392 e. The van der Waals surface area contributed by atoms with Crippen LogP contribution in [0.15, 0.2) is 0 Å². The van der Waals surface area contributed by atoms with Crippen molar-refractivity contribution in [2.24, 2.45) is 5.92 Å². The average molecular weight is 184 g/mol. The maximum atomic E-state index is 9.43. The van der Waals surface area contributed by atoms with E-state index in [1.54, 1.807) is 0 Å². The number of hydrogen-bond acceptors (Lipinski definition) is 3. The zero-order valence-electron chi connectivity index (χ0n) is 8.37. The van der Waals surface area contributed by atoms with Gasteiger partial charge in [0, 0.05) is 19.1 Å². The topological polar surface area (TPSA) is 35.5 Å². The fraction of sp³-hybridized carbons (Fsp3) is 1.00. The van der Waals surface area contributed by atoms with Crippen LogP contribution >= 0.6 is 0 Å². The average Bonchev–Trinajstić information content (AvgIpc) is 2.72. The van der Waals surface area contributed by atoms with Crippen molar-refractivity contribution in [1.82, 2.24) is 10.2 Å². The van der Waals surface area contributed by atoms with Crippen molar-refractivity contribution in [3.8, 4) is 0 Å². The number of rotatable bonds is 2. The standard InChI is InChI=1S/C10H20N2O/c1-8(9-2-4-11-6-9)12-5-3-10(13)7-12/h8-11,13H,2-7H2,1H3/t8-,9-,10+/m1/s1. The Kier molecular flexibility index (Phi) is 2.86. The number of β-amino-alcohol motifs (C(OH)–C–C–N with tert-alkyl or cyclic N) is 1. The quantitative estimate of drug-likeness (QED) is 0.636. The molecule has 2 aliphatic heterocycles. The first kappa shape index (κ1) is 9.44. The molecule has 3 atom stereocenters. The first-order chi connectivity index (χ1) is 6.27. The molecule has 0 amide bonds. The van der Waals surface area contributed by atoms with Crippen molar-refractivity contribution in [2.75, 3.05) is 26.2 Å². The van der Waals surface area contributed by atoms with Gasteiger partial charge in [0.2, 0.25) is 0 Å². The van der Waals surface area contributed by atoms with Crippen molar-refractivity contribution in [1.29, 1.82) is 0 Å². The Morgan fingerprint density at radius 3 is 2.85 bits per heavy atom. The first-order valence-corrected chi connectivity index (χ1v) is 5.40. The van der Waals surface area contributed by atoms with E-state index in [0.717, 1.165) is 32.0 Å². The number of nitrogens with one attached hydrogen (secondary N) is 1. The third kappa shape index (κ3) is 2.03. The lowest BCUT2D eigenvalue weighted by atomic mass is 9.99. The van der Waals surface area contributed by atoms with Crippen LogP contribution < -0.4 is 5.32 Å². The molecule has 0 radical (unpaired) electrons. The highest BCUT2D eigenvalue weighted by Gasteiger charge is 2.30. The van der Waals surface area contributed by atoms with Gasteiger partial charge in [0.25, 0.3) is 0 Å². The van der Waals surface area contributed by atoms with Gasteiger partial charge in [-0.05, 0) is 38.8 Å². The van der Waals surface area contributed by atoms with E-state index in [2.05, 4.69) is 17.1 Å². The van der Waals surface area contributed by atoms with Gasteiger partial charge in [-0.2, -0.15) is 0 Å². The second-order valence-corrected chi connectivity index (χ2v) is 4.43. The summed E-state index contributed by atoms with van der Waals surface area (Å²) < 4.78 is 0. The van der Waals surface area contributed by atoms with Crippen LogP contribution in [0.3, 0.4) is 0 Å². The summed E-state index contributed by atoms with van der Waals surface area (Å²) >= 11 is 0. The molecular weight excluding hydrogens is 164 g/mol. The van der Waals surface area contributed by atoms with E-state index < -0.39 is 0 Å². The molecule has 3 nitrogen and oxygen atoms in total. The molecular formula is C10H20N2O. The van der Waals surface area contributed by atoms with Gasteiger partial charge >= 0.3 is 0 Å². The molecule has 3 heteroatoms. The number of aliphatic hydroxyl groups excluding tert-OH is 1. The Balaban J connectivity index is 1.85. The first-order valence-electron chi connectivity index (χ1n) is 5.40. The summed E-state index contributed by atoms with van der Waals surface area (Å²) in [6.45, 7) is 6.60. The molecule has 0 aromatic carbocycles. The summed E-state index contributed by atoms with van der Waals surface area (Å²) in [6, 6.07) is 0.646. The minimum absolute atomic E-state index is 0.0724. The fourth-order valence-electron chi connectivity index (χ4n) is 2.52. The van der Waals surface area contributed by atoms with Gasteiger partial charge in [0.05, 0.1) is 6.10 Å². The van der Waals surface area contributed by atoms with E-state index in [0.29, 0.717) is 6.04 Å². The normalized spacial score (nSPS) is 38.3. The van der Waals surface area contributed by atoms with Gasteiger partial charge < -0.3 is 10.4 Å². The highest BCUT2D eigenvalue weighted by molar-refractivity contribution is 4.86. The Morgan fingerprint density at radius 2 is 2.31 bits per heavy atom. The monoisotopic (exact) mass is 184 g/mol. The molecule has 2 N–H and O–H groups in total. The third-order valence-electron chi connectivity index (χ3n) is 3.55. The van der Waals surface area contributed by atoms with E-state index >= 15 is 0 Å². The molecule has 0 aromatic rings. The second-order valence-electron chi connectivity index (χ2n) is 4.43. The van der Waals surface area contributed by atoms with Crippen LogP contribution in [0.25, 0.3) is 0 Å². The summed E-state index contributed by atoms with van der Waals surface area (Å²) in [5, 5.41) is 12.8. The van der Waals surface area contributed by atoms with Crippen molar-refractivity contribution in [2.45, 2.75) is 31.9 Å². The van der Waals surface area contributed by atoms with Crippen molar-refractivity contribution < 1.29 is 5.11 Å². The van der Waals surface area contributed by atoms with Crippen LogP contribution in [-0.4, -0.2) is 48.3 Å². The van der Waals surface area contributed by atoms with Crippen LogP contribution in [0.5, 0.6) is 0 Å². The van der Waals surface area contributed by atoms with Crippen LogP contribution in [0.2, 0.25) is 0 Å². The lowest BCUT2D eigenvalue weighted by Gasteiger charge is -2.28. The molecule has 2 fully saturated rings.